The lowest BCUT2D eigenvalue weighted by molar-refractivity contribution is -0.127. The number of ether oxygens (including phenoxy) is 1. The number of H-pyrrole nitrogens is 1. The molecule has 0 saturated heterocycles. The van der Waals surface area contributed by atoms with E-state index < -0.39 is 6.10 Å². The van der Waals surface area contributed by atoms with Gasteiger partial charge in [0.2, 0.25) is 0 Å². The second-order valence-corrected chi connectivity index (χ2v) is 6.29. The van der Waals surface area contributed by atoms with E-state index in [2.05, 4.69) is 15.5 Å². The van der Waals surface area contributed by atoms with E-state index in [0.29, 0.717) is 16.8 Å². The minimum Gasteiger partial charge on any atom is -0.481 e. The molecule has 0 bridgehead atoms. The van der Waals surface area contributed by atoms with Crippen LogP contribution in [-0.2, 0) is 11.3 Å². The molecule has 6 heteroatoms. The molecule has 1 unspecified atom stereocenters. The number of aromatic amines is 1. The Balaban J connectivity index is 1.70. The van der Waals surface area contributed by atoms with E-state index in [-0.39, 0.29) is 18.0 Å². The van der Waals surface area contributed by atoms with Crippen LogP contribution in [0.15, 0.2) is 47.3 Å². The first-order valence-corrected chi connectivity index (χ1v) is 8.43. The van der Waals surface area contributed by atoms with Gasteiger partial charge in [0.15, 0.2) is 6.10 Å². The van der Waals surface area contributed by atoms with Crippen molar-refractivity contribution in [2.45, 2.75) is 33.4 Å². The van der Waals surface area contributed by atoms with Gasteiger partial charge in [0.1, 0.15) is 5.75 Å². The molecule has 1 amide bonds. The van der Waals surface area contributed by atoms with Gasteiger partial charge in [0.25, 0.3) is 11.5 Å². The number of aryl methyl sites for hydroxylation is 2. The van der Waals surface area contributed by atoms with Gasteiger partial charge in [-0.1, -0.05) is 30.3 Å². The number of hydrogen-bond acceptors (Lipinski definition) is 4. The van der Waals surface area contributed by atoms with Gasteiger partial charge in [-0.25, -0.2) is 5.10 Å². The molecule has 134 valence electrons. The Hall–Kier alpha value is -3.15. The van der Waals surface area contributed by atoms with Crippen molar-refractivity contribution in [3.05, 3.63) is 69.6 Å². The van der Waals surface area contributed by atoms with E-state index in [9.17, 15) is 9.59 Å². The number of nitrogens with zero attached hydrogens (tertiary/aromatic N) is 1. The van der Waals surface area contributed by atoms with E-state index in [1.54, 1.807) is 19.1 Å². The SMILES string of the molecule is Cc1ccc(C)c(OC(C)C(=O)NCc2n[nH]c(=O)c3ccccc23)c1. The minimum absolute atomic E-state index is 0.205. The van der Waals surface area contributed by atoms with Crippen molar-refractivity contribution in [3.63, 3.8) is 0 Å². The highest BCUT2D eigenvalue weighted by atomic mass is 16.5. The lowest BCUT2D eigenvalue weighted by atomic mass is 10.1. The summed E-state index contributed by atoms with van der Waals surface area (Å²) in [7, 11) is 0. The van der Waals surface area contributed by atoms with E-state index in [0.717, 1.165) is 16.5 Å². The number of amides is 1. The second kappa shape index (κ2) is 7.39. The number of carbonyl (C=O) groups is 1. The third-order valence-corrected chi connectivity index (χ3v) is 4.22. The first-order chi connectivity index (χ1) is 12.5. The summed E-state index contributed by atoms with van der Waals surface area (Å²) in [6.45, 7) is 5.83. The fraction of sp³-hybridized carbons (Fsp3) is 0.250. The van der Waals surface area contributed by atoms with Crippen LogP contribution in [-0.4, -0.2) is 22.2 Å². The van der Waals surface area contributed by atoms with Crippen LogP contribution in [0.4, 0.5) is 0 Å². The van der Waals surface area contributed by atoms with E-state index in [4.69, 9.17) is 4.74 Å². The van der Waals surface area contributed by atoms with Crippen LogP contribution in [0.5, 0.6) is 5.75 Å². The minimum atomic E-state index is -0.649. The monoisotopic (exact) mass is 351 g/mol. The smallest absolute Gasteiger partial charge is 0.272 e. The Morgan fingerprint density at radius 1 is 1.19 bits per heavy atom. The van der Waals surface area contributed by atoms with Crippen molar-refractivity contribution in [1.82, 2.24) is 15.5 Å². The lowest BCUT2D eigenvalue weighted by Gasteiger charge is -2.17. The summed E-state index contributed by atoms with van der Waals surface area (Å²) < 4.78 is 5.79. The Kier molecular flexibility index (Phi) is 5.02. The molecule has 0 aliphatic carbocycles. The molecule has 1 heterocycles. The fourth-order valence-electron chi connectivity index (χ4n) is 2.70. The van der Waals surface area contributed by atoms with Gasteiger partial charge in [-0.2, -0.15) is 5.10 Å². The fourth-order valence-corrected chi connectivity index (χ4v) is 2.70. The van der Waals surface area contributed by atoms with Gasteiger partial charge in [0.05, 0.1) is 17.6 Å². The summed E-state index contributed by atoms with van der Waals surface area (Å²) in [5.41, 5.74) is 2.40. The highest BCUT2D eigenvalue weighted by molar-refractivity contribution is 5.84. The maximum atomic E-state index is 12.4. The normalized spacial score (nSPS) is 12.0. The molecule has 2 aromatic carbocycles. The van der Waals surface area contributed by atoms with Crippen LogP contribution in [0.3, 0.4) is 0 Å². The third-order valence-electron chi connectivity index (χ3n) is 4.22. The maximum Gasteiger partial charge on any atom is 0.272 e. The average molecular weight is 351 g/mol. The quantitative estimate of drug-likeness (QED) is 0.740. The molecular weight excluding hydrogens is 330 g/mol. The van der Waals surface area contributed by atoms with Crippen molar-refractivity contribution in [1.29, 1.82) is 0 Å². The zero-order valence-corrected chi connectivity index (χ0v) is 15.0. The third kappa shape index (κ3) is 3.74. The predicted octanol–water partition coefficient (Wildman–Crippen LogP) is 2.62. The Bertz CT molecular complexity index is 1010. The van der Waals surface area contributed by atoms with Crippen molar-refractivity contribution in [2.75, 3.05) is 0 Å². The Labute approximate surface area is 151 Å². The van der Waals surface area contributed by atoms with Crippen LogP contribution < -0.4 is 15.6 Å². The number of fused-ring (bicyclic) bond motifs is 1. The Morgan fingerprint density at radius 3 is 2.69 bits per heavy atom. The number of hydrogen-bond donors (Lipinski definition) is 2. The summed E-state index contributed by atoms with van der Waals surface area (Å²) in [6, 6.07) is 13.0. The van der Waals surface area contributed by atoms with Gasteiger partial charge in [-0.05, 0) is 44.0 Å². The maximum absolute atomic E-state index is 12.4. The molecule has 0 radical (unpaired) electrons. The van der Waals surface area contributed by atoms with Crippen LogP contribution in [0.25, 0.3) is 10.8 Å². The standard InChI is InChI=1S/C20H21N3O3/c1-12-8-9-13(2)18(10-12)26-14(3)19(24)21-11-17-15-6-4-5-7-16(15)20(25)23-22-17/h4-10,14H,11H2,1-3H3,(H,21,24)(H,23,25). The van der Waals surface area contributed by atoms with E-state index in [1.165, 1.54) is 0 Å². The van der Waals surface area contributed by atoms with Crippen molar-refractivity contribution >= 4 is 16.7 Å². The summed E-state index contributed by atoms with van der Waals surface area (Å²) in [4.78, 5) is 24.2. The molecule has 3 aromatic rings. The molecule has 0 spiro atoms. The zero-order valence-electron chi connectivity index (χ0n) is 15.0. The van der Waals surface area contributed by atoms with Gasteiger partial charge >= 0.3 is 0 Å². The van der Waals surface area contributed by atoms with E-state index >= 15 is 0 Å². The molecular formula is C20H21N3O3. The zero-order chi connectivity index (χ0) is 18.7. The molecule has 0 aliphatic rings. The van der Waals surface area contributed by atoms with Gasteiger partial charge in [-0.3, -0.25) is 9.59 Å². The molecule has 1 atom stereocenters. The molecule has 2 N–H and O–H groups in total. The first-order valence-electron chi connectivity index (χ1n) is 8.43. The number of nitrogens with one attached hydrogen (secondary N) is 2. The molecule has 3 rings (SSSR count). The highest BCUT2D eigenvalue weighted by Gasteiger charge is 2.16. The van der Waals surface area contributed by atoms with Crippen LogP contribution >= 0.6 is 0 Å². The first kappa shape index (κ1) is 17.7. The van der Waals surface area contributed by atoms with Crippen molar-refractivity contribution < 1.29 is 9.53 Å². The molecule has 0 aliphatic heterocycles. The Morgan fingerprint density at radius 2 is 1.92 bits per heavy atom. The van der Waals surface area contributed by atoms with Crippen molar-refractivity contribution in [2.24, 2.45) is 0 Å². The average Bonchev–Trinajstić information content (AvgIpc) is 2.64. The van der Waals surface area contributed by atoms with Gasteiger partial charge in [-0.15, -0.1) is 0 Å². The topological polar surface area (TPSA) is 84.1 Å². The van der Waals surface area contributed by atoms with Crippen molar-refractivity contribution in [3.8, 4) is 5.75 Å². The summed E-state index contributed by atoms with van der Waals surface area (Å²) in [5, 5.41) is 10.6. The number of aromatic nitrogens is 2. The van der Waals surface area contributed by atoms with Crippen LogP contribution in [0, 0.1) is 13.8 Å². The summed E-state index contributed by atoms with van der Waals surface area (Å²) in [6.07, 6.45) is -0.649. The summed E-state index contributed by atoms with van der Waals surface area (Å²) >= 11 is 0. The molecule has 0 fully saturated rings. The molecule has 26 heavy (non-hydrogen) atoms. The summed E-state index contributed by atoms with van der Waals surface area (Å²) in [5.74, 6) is 0.447. The highest BCUT2D eigenvalue weighted by Crippen LogP contribution is 2.20. The largest absolute Gasteiger partial charge is 0.481 e. The predicted molar refractivity (Wildman–Crippen MR) is 100 cm³/mol. The van der Waals surface area contributed by atoms with Crippen LogP contribution in [0.1, 0.15) is 23.7 Å². The number of carbonyl (C=O) groups excluding carboxylic acids is 1. The van der Waals surface area contributed by atoms with Gasteiger partial charge in [0, 0.05) is 5.39 Å². The second-order valence-electron chi connectivity index (χ2n) is 6.29. The van der Waals surface area contributed by atoms with E-state index in [1.807, 2.05) is 44.2 Å². The molecule has 6 nitrogen and oxygen atoms in total. The van der Waals surface area contributed by atoms with Gasteiger partial charge < -0.3 is 10.1 Å². The van der Waals surface area contributed by atoms with Crippen LogP contribution in [0.2, 0.25) is 0 Å². The molecule has 1 aromatic heterocycles. The number of rotatable bonds is 5. The number of benzene rings is 2. The molecule has 0 saturated carbocycles. The lowest BCUT2D eigenvalue weighted by Crippen LogP contribution is -2.36.